The number of halogens is 1. The molecule has 1 heterocycles. The van der Waals surface area contributed by atoms with Crippen molar-refractivity contribution in [1.82, 2.24) is 0 Å². The molecule has 0 aromatic heterocycles. The number of ether oxygens (including phenoxy) is 3. The van der Waals surface area contributed by atoms with Crippen molar-refractivity contribution in [3.05, 3.63) is 29.6 Å². The fraction of sp³-hybridized carbons (Fsp3) is 0.600. The Hall–Kier alpha value is -1.17. The molecule has 2 rings (SSSR count). The van der Waals surface area contributed by atoms with Gasteiger partial charge in [-0.15, -0.1) is 0 Å². The molecular formula is C15H21FO4. The topological polar surface area (TPSA) is 47.9 Å². The van der Waals surface area contributed by atoms with E-state index in [4.69, 9.17) is 14.2 Å². The van der Waals surface area contributed by atoms with E-state index in [9.17, 15) is 9.50 Å². The normalized spacial score (nSPS) is 19.6. The summed E-state index contributed by atoms with van der Waals surface area (Å²) in [6.45, 7) is 1.09. The molecule has 0 amide bonds. The van der Waals surface area contributed by atoms with Gasteiger partial charge in [0.05, 0.1) is 18.8 Å². The zero-order valence-electron chi connectivity index (χ0n) is 11.9. The van der Waals surface area contributed by atoms with E-state index in [-0.39, 0.29) is 12.2 Å². The molecule has 4 nitrogen and oxygen atoms in total. The Labute approximate surface area is 118 Å². The summed E-state index contributed by atoms with van der Waals surface area (Å²) >= 11 is 0. The van der Waals surface area contributed by atoms with Gasteiger partial charge >= 0.3 is 0 Å². The molecule has 112 valence electrons. The van der Waals surface area contributed by atoms with Gasteiger partial charge in [0.1, 0.15) is 0 Å². The van der Waals surface area contributed by atoms with E-state index in [2.05, 4.69) is 0 Å². The molecule has 0 aliphatic carbocycles. The van der Waals surface area contributed by atoms with E-state index in [1.165, 1.54) is 7.11 Å². The molecular weight excluding hydrogens is 263 g/mol. The van der Waals surface area contributed by atoms with E-state index < -0.39 is 17.5 Å². The molecule has 1 aliphatic heterocycles. The SMILES string of the molecule is COc1cccc(CC(O)C2(OC)CCOCC2)c1F. The maximum atomic E-state index is 14.1. The zero-order valence-corrected chi connectivity index (χ0v) is 11.9. The first-order valence-corrected chi connectivity index (χ1v) is 6.75. The highest BCUT2D eigenvalue weighted by Gasteiger charge is 2.40. The monoisotopic (exact) mass is 284 g/mol. The second-order valence-corrected chi connectivity index (χ2v) is 5.03. The Morgan fingerprint density at radius 3 is 2.65 bits per heavy atom. The molecule has 1 fully saturated rings. The van der Waals surface area contributed by atoms with Gasteiger partial charge in [-0.2, -0.15) is 0 Å². The van der Waals surface area contributed by atoms with Crippen LogP contribution in [0, 0.1) is 5.82 Å². The van der Waals surface area contributed by atoms with Crippen molar-refractivity contribution in [2.75, 3.05) is 27.4 Å². The minimum absolute atomic E-state index is 0.188. The van der Waals surface area contributed by atoms with Crippen molar-refractivity contribution in [1.29, 1.82) is 0 Å². The molecule has 0 saturated carbocycles. The standard InChI is InChI=1S/C15H21FO4/c1-18-12-5-3-4-11(14(12)16)10-13(17)15(19-2)6-8-20-9-7-15/h3-5,13,17H,6-10H2,1-2H3. The van der Waals surface area contributed by atoms with Crippen LogP contribution in [-0.4, -0.2) is 44.2 Å². The van der Waals surface area contributed by atoms with Crippen LogP contribution in [0.15, 0.2) is 18.2 Å². The molecule has 1 aromatic carbocycles. The van der Waals surface area contributed by atoms with Gasteiger partial charge in [0.15, 0.2) is 11.6 Å². The van der Waals surface area contributed by atoms with E-state index >= 15 is 0 Å². The predicted octanol–water partition coefficient (Wildman–Crippen LogP) is 1.93. The van der Waals surface area contributed by atoms with Crippen LogP contribution in [0.4, 0.5) is 4.39 Å². The van der Waals surface area contributed by atoms with E-state index in [0.29, 0.717) is 31.6 Å². The van der Waals surface area contributed by atoms with Gasteiger partial charge < -0.3 is 19.3 Å². The fourth-order valence-electron chi connectivity index (χ4n) is 2.66. The zero-order chi connectivity index (χ0) is 14.6. The van der Waals surface area contributed by atoms with Crippen LogP contribution < -0.4 is 4.74 Å². The molecule has 0 spiro atoms. The van der Waals surface area contributed by atoms with E-state index in [1.54, 1.807) is 25.3 Å². The van der Waals surface area contributed by atoms with Crippen LogP contribution in [-0.2, 0) is 15.9 Å². The Morgan fingerprint density at radius 1 is 1.35 bits per heavy atom. The van der Waals surface area contributed by atoms with Crippen molar-refractivity contribution in [3.63, 3.8) is 0 Å². The minimum atomic E-state index is -0.780. The largest absolute Gasteiger partial charge is 0.494 e. The van der Waals surface area contributed by atoms with Gasteiger partial charge in [0.2, 0.25) is 0 Å². The quantitative estimate of drug-likeness (QED) is 0.897. The number of hydrogen-bond donors (Lipinski definition) is 1. The van der Waals surface area contributed by atoms with Gasteiger partial charge in [-0.25, -0.2) is 4.39 Å². The molecule has 1 N–H and O–H groups in total. The smallest absolute Gasteiger partial charge is 0.168 e. The summed E-state index contributed by atoms with van der Waals surface area (Å²) < 4.78 is 29.9. The van der Waals surface area contributed by atoms with E-state index in [1.807, 2.05) is 0 Å². The lowest BCUT2D eigenvalue weighted by atomic mass is 9.84. The lowest BCUT2D eigenvalue weighted by Gasteiger charge is -2.39. The average Bonchev–Trinajstić information content (AvgIpc) is 2.50. The number of hydrogen-bond acceptors (Lipinski definition) is 4. The van der Waals surface area contributed by atoms with Gasteiger partial charge in [0.25, 0.3) is 0 Å². The van der Waals surface area contributed by atoms with Crippen molar-refractivity contribution in [2.24, 2.45) is 0 Å². The summed E-state index contributed by atoms with van der Waals surface area (Å²) in [5.74, 6) is -0.236. The Morgan fingerprint density at radius 2 is 2.05 bits per heavy atom. The van der Waals surface area contributed by atoms with Gasteiger partial charge in [-0.1, -0.05) is 12.1 Å². The second-order valence-electron chi connectivity index (χ2n) is 5.03. The summed E-state index contributed by atoms with van der Waals surface area (Å²) in [7, 11) is 3.00. The Kier molecular flexibility index (Phi) is 4.96. The van der Waals surface area contributed by atoms with Crippen molar-refractivity contribution in [2.45, 2.75) is 31.0 Å². The first kappa shape index (κ1) is 15.2. The number of aliphatic hydroxyl groups excluding tert-OH is 1. The van der Waals surface area contributed by atoms with E-state index in [0.717, 1.165) is 0 Å². The Balaban J connectivity index is 2.16. The molecule has 1 saturated heterocycles. The van der Waals surface area contributed by atoms with Crippen LogP contribution >= 0.6 is 0 Å². The summed E-state index contributed by atoms with van der Waals surface area (Å²) in [5.41, 5.74) is -0.229. The van der Waals surface area contributed by atoms with Gasteiger partial charge in [0, 0.05) is 39.6 Å². The third kappa shape index (κ3) is 2.95. The third-order valence-corrected chi connectivity index (χ3v) is 4.03. The lowest BCUT2D eigenvalue weighted by Crippen LogP contribution is -2.49. The summed E-state index contributed by atoms with van der Waals surface area (Å²) in [4.78, 5) is 0. The number of methoxy groups -OCH3 is 2. The molecule has 1 aromatic rings. The van der Waals surface area contributed by atoms with Gasteiger partial charge in [-0.3, -0.25) is 0 Å². The highest BCUT2D eigenvalue weighted by Crippen LogP contribution is 2.31. The molecule has 0 bridgehead atoms. The van der Waals surface area contributed by atoms with Crippen molar-refractivity contribution < 1.29 is 23.7 Å². The maximum absolute atomic E-state index is 14.1. The fourth-order valence-corrected chi connectivity index (χ4v) is 2.66. The lowest BCUT2D eigenvalue weighted by molar-refractivity contribution is -0.151. The number of aliphatic hydroxyl groups is 1. The van der Waals surface area contributed by atoms with Crippen molar-refractivity contribution in [3.8, 4) is 5.75 Å². The summed E-state index contributed by atoms with van der Waals surface area (Å²) in [5, 5.41) is 10.5. The first-order valence-electron chi connectivity index (χ1n) is 6.75. The van der Waals surface area contributed by atoms with Gasteiger partial charge in [-0.05, 0) is 11.6 Å². The van der Waals surface area contributed by atoms with Crippen LogP contribution in [0.1, 0.15) is 18.4 Å². The second kappa shape index (κ2) is 6.52. The van der Waals surface area contributed by atoms with Crippen LogP contribution in [0.25, 0.3) is 0 Å². The first-order chi connectivity index (χ1) is 9.63. The highest BCUT2D eigenvalue weighted by atomic mass is 19.1. The number of benzene rings is 1. The van der Waals surface area contributed by atoms with Crippen molar-refractivity contribution >= 4 is 0 Å². The summed E-state index contributed by atoms with van der Waals surface area (Å²) in [6, 6.07) is 4.93. The molecule has 20 heavy (non-hydrogen) atoms. The Bertz CT molecular complexity index is 443. The molecule has 1 unspecified atom stereocenters. The van der Waals surface area contributed by atoms with Crippen LogP contribution in [0.3, 0.4) is 0 Å². The molecule has 5 heteroatoms. The van der Waals surface area contributed by atoms with Crippen LogP contribution in [0.5, 0.6) is 5.75 Å². The predicted molar refractivity (Wildman–Crippen MR) is 72.5 cm³/mol. The number of rotatable bonds is 5. The molecule has 1 aliphatic rings. The summed E-state index contributed by atoms with van der Waals surface area (Å²) in [6.07, 6.45) is 0.627. The van der Waals surface area contributed by atoms with Crippen LogP contribution in [0.2, 0.25) is 0 Å². The molecule has 0 radical (unpaired) electrons. The maximum Gasteiger partial charge on any atom is 0.168 e. The minimum Gasteiger partial charge on any atom is -0.494 e. The highest BCUT2D eigenvalue weighted by molar-refractivity contribution is 5.31. The third-order valence-electron chi connectivity index (χ3n) is 4.03. The average molecular weight is 284 g/mol. The molecule has 1 atom stereocenters.